The molecule has 3 heterocycles. The average molecular weight is 275 g/mol. The highest BCUT2D eigenvalue weighted by Gasteiger charge is 2.36. The van der Waals surface area contributed by atoms with Gasteiger partial charge in [0.2, 0.25) is 0 Å². The van der Waals surface area contributed by atoms with Gasteiger partial charge in [-0.15, -0.1) is 0 Å². The second kappa shape index (κ2) is 5.05. The summed E-state index contributed by atoms with van der Waals surface area (Å²) < 4.78 is 0. The fraction of sp³-hybridized carbons (Fsp3) is 0.600. The van der Waals surface area contributed by atoms with Gasteiger partial charge in [0.1, 0.15) is 5.56 Å². The number of carbonyl (C=O) groups excluding carboxylic acids is 1. The molecular formula is C15H21N3O2. The van der Waals surface area contributed by atoms with E-state index in [-0.39, 0.29) is 23.1 Å². The third-order valence-electron chi connectivity index (χ3n) is 4.60. The van der Waals surface area contributed by atoms with Crippen LogP contribution in [0.15, 0.2) is 16.9 Å². The van der Waals surface area contributed by atoms with Crippen molar-refractivity contribution in [1.29, 1.82) is 0 Å². The fourth-order valence-electron chi connectivity index (χ4n) is 3.44. The first-order valence-electron chi connectivity index (χ1n) is 7.27. The van der Waals surface area contributed by atoms with Gasteiger partial charge in [-0.3, -0.25) is 9.59 Å². The maximum atomic E-state index is 12.5. The van der Waals surface area contributed by atoms with Gasteiger partial charge in [-0.25, -0.2) is 0 Å². The standard InChI is InChI=1S/C15H21N3O2/c1-9-3-6-13(14(19)16-9)15(20)18(2)12-7-10-4-5-11(8-12)17-10/h3,6,10-12,17H,4-5,7-8H2,1-2H3,(H,16,19). The Kier molecular flexibility index (Phi) is 3.38. The van der Waals surface area contributed by atoms with E-state index in [1.54, 1.807) is 17.0 Å². The van der Waals surface area contributed by atoms with E-state index in [9.17, 15) is 9.59 Å². The summed E-state index contributed by atoms with van der Waals surface area (Å²) >= 11 is 0. The molecule has 2 fully saturated rings. The first kappa shape index (κ1) is 13.4. The molecule has 1 amide bonds. The summed E-state index contributed by atoms with van der Waals surface area (Å²) in [6, 6.07) is 4.70. The molecule has 5 heteroatoms. The molecule has 2 unspecified atom stereocenters. The van der Waals surface area contributed by atoms with Crippen LogP contribution in [-0.2, 0) is 0 Å². The first-order chi connectivity index (χ1) is 9.54. The molecule has 0 radical (unpaired) electrons. The van der Waals surface area contributed by atoms with E-state index in [4.69, 9.17) is 0 Å². The van der Waals surface area contributed by atoms with E-state index in [0.29, 0.717) is 12.1 Å². The lowest BCUT2D eigenvalue weighted by Gasteiger charge is -2.35. The van der Waals surface area contributed by atoms with Crippen LogP contribution in [0.5, 0.6) is 0 Å². The highest BCUT2D eigenvalue weighted by atomic mass is 16.2. The normalized spacial score (nSPS) is 28.4. The van der Waals surface area contributed by atoms with Crippen molar-refractivity contribution in [2.45, 2.75) is 50.7 Å². The number of aryl methyl sites for hydroxylation is 1. The quantitative estimate of drug-likeness (QED) is 0.847. The van der Waals surface area contributed by atoms with Crippen molar-refractivity contribution in [1.82, 2.24) is 15.2 Å². The number of fused-ring (bicyclic) bond motifs is 2. The molecule has 1 aromatic rings. The minimum atomic E-state index is -0.293. The lowest BCUT2D eigenvalue weighted by atomic mass is 9.98. The summed E-state index contributed by atoms with van der Waals surface area (Å²) in [7, 11) is 1.82. The molecule has 108 valence electrons. The third-order valence-corrected chi connectivity index (χ3v) is 4.60. The molecule has 2 bridgehead atoms. The lowest BCUT2D eigenvalue weighted by molar-refractivity contribution is 0.0680. The summed E-state index contributed by atoms with van der Waals surface area (Å²) in [4.78, 5) is 28.8. The SMILES string of the molecule is Cc1ccc(C(=O)N(C)C2CC3CCC(C2)N3)c(=O)[nH]1. The van der Waals surface area contributed by atoms with Crippen molar-refractivity contribution >= 4 is 5.91 Å². The number of carbonyl (C=O) groups is 1. The van der Waals surface area contributed by atoms with Crippen molar-refractivity contribution in [2.75, 3.05) is 7.05 Å². The number of amides is 1. The number of aromatic nitrogens is 1. The summed E-state index contributed by atoms with van der Waals surface area (Å²) in [5.74, 6) is -0.169. The Morgan fingerprint density at radius 1 is 1.25 bits per heavy atom. The van der Waals surface area contributed by atoms with Crippen LogP contribution in [0.2, 0.25) is 0 Å². The van der Waals surface area contributed by atoms with Crippen molar-refractivity contribution < 1.29 is 4.79 Å². The van der Waals surface area contributed by atoms with Crippen LogP contribution in [-0.4, -0.2) is 41.0 Å². The van der Waals surface area contributed by atoms with E-state index < -0.39 is 0 Å². The molecule has 0 spiro atoms. The molecule has 5 nitrogen and oxygen atoms in total. The topological polar surface area (TPSA) is 65.2 Å². The van der Waals surface area contributed by atoms with Crippen LogP contribution in [0.3, 0.4) is 0 Å². The van der Waals surface area contributed by atoms with Crippen molar-refractivity contribution in [3.05, 3.63) is 33.7 Å². The second-order valence-corrected chi connectivity index (χ2v) is 6.06. The molecule has 0 aromatic carbocycles. The number of nitrogens with zero attached hydrogens (tertiary/aromatic N) is 1. The molecule has 2 N–H and O–H groups in total. The zero-order valence-corrected chi connectivity index (χ0v) is 12.0. The highest BCUT2D eigenvalue weighted by Crippen LogP contribution is 2.29. The van der Waals surface area contributed by atoms with Crippen LogP contribution >= 0.6 is 0 Å². The monoisotopic (exact) mass is 275 g/mol. The van der Waals surface area contributed by atoms with E-state index in [2.05, 4.69) is 10.3 Å². The first-order valence-corrected chi connectivity index (χ1v) is 7.27. The number of nitrogens with one attached hydrogen (secondary N) is 2. The molecule has 2 aliphatic heterocycles. The van der Waals surface area contributed by atoms with Crippen LogP contribution in [0.25, 0.3) is 0 Å². The zero-order valence-electron chi connectivity index (χ0n) is 12.0. The van der Waals surface area contributed by atoms with Gasteiger partial charge in [-0.05, 0) is 44.7 Å². The molecular weight excluding hydrogens is 254 g/mol. The average Bonchev–Trinajstić information content (AvgIpc) is 2.76. The summed E-state index contributed by atoms with van der Waals surface area (Å²) in [5, 5.41) is 3.57. The molecule has 2 saturated heterocycles. The van der Waals surface area contributed by atoms with Crippen LogP contribution in [0.4, 0.5) is 0 Å². The van der Waals surface area contributed by atoms with Crippen LogP contribution in [0.1, 0.15) is 41.7 Å². The third kappa shape index (κ3) is 2.38. The Morgan fingerprint density at radius 2 is 1.90 bits per heavy atom. The van der Waals surface area contributed by atoms with Crippen molar-refractivity contribution in [2.24, 2.45) is 0 Å². The lowest BCUT2D eigenvalue weighted by Crippen LogP contribution is -2.49. The maximum absolute atomic E-state index is 12.5. The van der Waals surface area contributed by atoms with Gasteiger partial charge in [0.25, 0.3) is 11.5 Å². The Morgan fingerprint density at radius 3 is 2.50 bits per heavy atom. The molecule has 1 aromatic heterocycles. The minimum absolute atomic E-state index is 0.169. The summed E-state index contributed by atoms with van der Waals surface area (Å²) in [6.07, 6.45) is 4.38. The Hall–Kier alpha value is -1.62. The van der Waals surface area contributed by atoms with Gasteiger partial charge in [-0.1, -0.05) is 0 Å². The van der Waals surface area contributed by atoms with E-state index in [1.165, 1.54) is 12.8 Å². The number of piperidine rings is 1. The molecule has 3 rings (SSSR count). The van der Waals surface area contributed by atoms with Crippen LogP contribution in [0, 0.1) is 6.92 Å². The molecule has 0 saturated carbocycles. The molecule has 2 atom stereocenters. The van der Waals surface area contributed by atoms with Gasteiger partial charge in [0.15, 0.2) is 0 Å². The number of rotatable bonds is 2. The Labute approximate surface area is 118 Å². The number of hydrogen-bond donors (Lipinski definition) is 2. The smallest absolute Gasteiger partial charge is 0.260 e. The summed E-state index contributed by atoms with van der Waals surface area (Å²) in [5.41, 5.74) is 0.719. The van der Waals surface area contributed by atoms with E-state index in [0.717, 1.165) is 18.5 Å². The van der Waals surface area contributed by atoms with Gasteiger partial charge in [0.05, 0.1) is 0 Å². The largest absolute Gasteiger partial charge is 0.338 e. The molecule has 0 aliphatic carbocycles. The van der Waals surface area contributed by atoms with Gasteiger partial charge < -0.3 is 15.2 Å². The highest BCUT2D eigenvalue weighted by molar-refractivity contribution is 5.93. The molecule has 20 heavy (non-hydrogen) atoms. The Balaban J connectivity index is 1.78. The second-order valence-electron chi connectivity index (χ2n) is 6.06. The fourth-order valence-corrected chi connectivity index (χ4v) is 3.44. The number of aromatic amines is 1. The maximum Gasteiger partial charge on any atom is 0.260 e. The van der Waals surface area contributed by atoms with Gasteiger partial charge >= 0.3 is 0 Å². The summed E-state index contributed by atoms with van der Waals surface area (Å²) in [6.45, 7) is 1.81. The number of H-pyrrole nitrogens is 1. The predicted molar refractivity (Wildman–Crippen MR) is 76.9 cm³/mol. The Bertz CT molecular complexity index is 569. The predicted octanol–water partition coefficient (Wildman–Crippen LogP) is 1.04. The van der Waals surface area contributed by atoms with Gasteiger partial charge in [-0.2, -0.15) is 0 Å². The number of pyridine rings is 1. The van der Waals surface area contributed by atoms with E-state index >= 15 is 0 Å². The van der Waals surface area contributed by atoms with Crippen molar-refractivity contribution in [3.63, 3.8) is 0 Å². The van der Waals surface area contributed by atoms with Crippen LogP contribution < -0.4 is 10.9 Å². The minimum Gasteiger partial charge on any atom is -0.338 e. The molecule has 2 aliphatic rings. The zero-order chi connectivity index (χ0) is 14.3. The van der Waals surface area contributed by atoms with E-state index in [1.807, 2.05) is 14.0 Å². The number of hydrogen-bond acceptors (Lipinski definition) is 3. The van der Waals surface area contributed by atoms with Gasteiger partial charge in [0, 0.05) is 30.9 Å². The van der Waals surface area contributed by atoms with Crippen molar-refractivity contribution in [3.8, 4) is 0 Å².